The number of piperidine rings is 1. The van der Waals surface area contributed by atoms with Crippen molar-refractivity contribution in [2.45, 2.75) is 18.9 Å². The fourth-order valence-corrected chi connectivity index (χ4v) is 2.37. The summed E-state index contributed by atoms with van der Waals surface area (Å²) < 4.78 is 1.41. The summed E-state index contributed by atoms with van der Waals surface area (Å²) in [5.41, 5.74) is 0.360. The lowest BCUT2D eigenvalue weighted by molar-refractivity contribution is 0.440. The minimum Gasteiger partial charge on any atom is -0.356 e. The second-order valence-corrected chi connectivity index (χ2v) is 4.55. The van der Waals surface area contributed by atoms with Crippen molar-refractivity contribution in [3.8, 4) is 0 Å². The molecule has 3 rings (SSSR count). The zero-order valence-electron chi connectivity index (χ0n) is 10.3. The van der Waals surface area contributed by atoms with Crippen molar-refractivity contribution in [2.75, 3.05) is 25.0 Å². The van der Waals surface area contributed by atoms with Gasteiger partial charge in [0.1, 0.15) is 12.1 Å². The lowest BCUT2D eigenvalue weighted by atomic mass is 10.1. The third-order valence-corrected chi connectivity index (χ3v) is 3.52. The van der Waals surface area contributed by atoms with Gasteiger partial charge in [-0.3, -0.25) is 0 Å². The molecule has 0 amide bonds. The Morgan fingerprint density at radius 3 is 2.94 bits per heavy atom. The summed E-state index contributed by atoms with van der Waals surface area (Å²) >= 11 is 0. The van der Waals surface area contributed by atoms with Crippen LogP contribution in [0.25, 0.3) is 5.65 Å². The van der Waals surface area contributed by atoms with Gasteiger partial charge in [0.2, 0.25) is 0 Å². The first-order valence-electron chi connectivity index (χ1n) is 6.13. The van der Waals surface area contributed by atoms with Crippen LogP contribution in [0.3, 0.4) is 0 Å². The van der Waals surface area contributed by atoms with Gasteiger partial charge in [0.05, 0.1) is 0 Å². The molecule has 0 saturated carbocycles. The number of aromatic nitrogens is 4. The van der Waals surface area contributed by atoms with Crippen LogP contribution in [-0.4, -0.2) is 45.8 Å². The maximum Gasteiger partial charge on any atom is 0.348 e. The quantitative estimate of drug-likeness (QED) is 0.756. The number of H-pyrrole nitrogens is 1. The van der Waals surface area contributed by atoms with E-state index >= 15 is 0 Å². The van der Waals surface area contributed by atoms with E-state index in [1.54, 1.807) is 0 Å². The van der Waals surface area contributed by atoms with E-state index in [1.807, 2.05) is 13.1 Å². The number of rotatable bonds is 2. The first kappa shape index (κ1) is 11.2. The summed E-state index contributed by atoms with van der Waals surface area (Å²) in [5, 5.41) is 9.66. The van der Waals surface area contributed by atoms with Gasteiger partial charge in [-0.1, -0.05) is 0 Å². The first-order chi connectivity index (χ1) is 8.78. The Labute approximate surface area is 104 Å². The average molecular weight is 248 g/mol. The molecule has 18 heavy (non-hydrogen) atoms. The monoisotopic (exact) mass is 248 g/mol. The van der Waals surface area contributed by atoms with Crippen LogP contribution in [0.4, 0.5) is 5.82 Å². The van der Waals surface area contributed by atoms with Crippen molar-refractivity contribution in [1.82, 2.24) is 24.9 Å². The summed E-state index contributed by atoms with van der Waals surface area (Å²) in [7, 11) is 2.00. The van der Waals surface area contributed by atoms with Crippen molar-refractivity contribution in [3.05, 3.63) is 22.9 Å². The number of fused-ring (bicyclic) bond motifs is 1. The Morgan fingerprint density at radius 1 is 1.44 bits per heavy atom. The number of aromatic amines is 1. The number of nitrogens with zero attached hydrogens (tertiary/aromatic N) is 4. The molecular formula is C11H16N6O. The number of hydrogen-bond donors (Lipinski definition) is 2. The summed E-state index contributed by atoms with van der Waals surface area (Å²) in [6.07, 6.45) is 3.74. The number of nitrogens with one attached hydrogen (secondary N) is 2. The fourth-order valence-electron chi connectivity index (χ4n) is 2.37. The van der Waals surface area contributed by atoms with Gasteiger partial charge in [-0.05, 0) is 19.9 Å². The lowest BCUT2D eigenvalue weighted by Crippen LogP contribution is -2.41. The predicted molar refractivity (Wildman–Crippen MR) is 67.9 cm³/mol. The van der Waals surface area contributed by atoms with Gasteiger partial charge in [0.15, 0.2) is 5.65 Å². The largest absolute Gasteiger partial charge is 0.356 e. The van der Waals surface area contributed by atoms with Gasteiger partial charge < -0.3 is 10.2 Å². The molecule has 1 aliphatic heterocycles. The highest BCUT2D eigenvalue weighted by atomic mass is 16.1. The summed E-state index contributed by atoms with van der Waals surface area (Å²) in [6, 6.07) is 2.44. The molecule has 0 radical (unpaired) electrons. The molecule has 0 unspecified atom stereocenters. The number of anilines is 1. The zero-order valence-corrected chi connectivity index (χ0v) is 10.3. The molecule has 1 aliphatic rings. The van der Waals surface area contributed by atoms with E-state index in [9.17, 15) is 4.79 Å². The molecule has 2 aromatic rings. The van der Waals surface area contributed by atoms with Gasteiger partial charge in [-0.25, -0.2) is 19.3 Å². The van der Waals surface area contributed by atoms with Crippen molar-refractivity contribution in [2.24, 2.45) is 0 Å². The van der Waals surface area contributed by atoms with Crippen molar-refractivity contribution in [1.29, 1.82) is 0 Å². The fraction of sp³-hybridized carbons (Fsp3) is 0.545. The molecule has 0 bridgehead atoms. The summed E-state index contributed by atoms with van der Waals surface area (Å²) in [6.45, 7) is 1.95. The van der Waals surface area contributed by atoms with Crippen LogP contribution in [0.5, 0.6) is 0 Å². The molecule has 0 aliphatic carbocycles. The van der Waals surface area contributed by atoms with Crippen LogP contribution in [0.2, 0.25) is 0 Å². The van der Waals surface area contributed by atoms with E-state index in [0.717, 1.165) is 31.7 Å². The highest BCUT2D eigenvalue weighted by molar-refractivity contribution is 5.50. The van der Waals surface area contributed by atoms with Crippen LogP contribution in [-0.2, 0) is 0 Å². The average Bonchev–Trinajstić information content (AvgIpc) is 2.80. The molecule has 7 heteroatoms. The van der Waals surface area contributed by atoms with Crippen LogP contribution in [0.15, 0.2) is 17.2 Å². The Morgan fingerprint density at radius 2 is 2.22 bits per heavy atom. The SMILES string of the molecule is CNC1CCN(c2cc3n[nH]c(=O)n3cn2)CC1. The molecule has 0 spiro atoms. The second kappa shape index (κ2) is 4.41. The van der Waals surface area contributed by atoms with E-state index in [-0.39, 0.29) is 5.69 Å². The van der Waals surface area contributed by atoms with Gasteiger partial charge in [0, 0.05) is 25.2 Å². The Hall–Kier alpha value is -1.89. The lowest BCUT2D eigenvalue weighted by Gasteiger charge is -2.32. The van der Waals surface area contributed by atoms with Gasteiger partial charge in [-0.2, -0.15) is 5.10 Å². The molecule has 2 N–H and O–H groups in total. The second-order valence-electron chi connectivity index (χ2n) is 4.55. The highest BCUT2D eigenvalue weighted by Crippen LogP contribution is 2.17. The smallest absolute Gasteiger partial charge is 0.348 e. The van der Waals surface area contributed by atoms with E-state index in [4.69, 9.17) is 0 Å². The molecule has 1 fully saturated rings. The molecular weight excluding hydrogens is 232 g/mol. The van der Waals surface area contributed by atoms with Gasteiger partial charge >= 0.3 is 5.69 Å². The minimum atomic E-state index is -0.252. The van der Waals surface area contributed by atoms with E-state index in [1.165, 1.54) is 10.7 Å². The van der Waals surface area contributed by atoms with Crippen LogP contribution in [0.1, 0.15) is 12.8 Å². The molecule has 96 valence electrons. The predicted octanol–water partition coefficient (Wildman–Crippen LogP) is -0.394. The van der Waals surface area contributed by atoms with Crippen LogP contribution < -0.4 is 15.9 Å². The molecule has 1 saturated heterocycles. The molecule has 2 aromatic heterocycles. The van der Waals surface area contributed by atoms with Crippen molar-refractivity contribution < 1.29 is 0 Å². The van der Waals surface area contributed by atoms with Gasteiger partial charge in [-0.15, -0.1) is 0 Å². The highest BCUT2D eigenvalue weighted by Gasteiger charge is 2.19. The summed E-state index contributed by atoms with van der Waals surface area (Å²) in [5.74, 6) is 0.885. The van der Waals surface area contributed by atoms with Crippen molar-refractivity contribution in [3.63, 3.8) is 0 Å². The van der Waals surface area contributed by atoms with Crippen LogP contribution >= 0.6 is 0 Å². The normalized spacial score (nSPS) is 17.5. The molecule has 7 nitrogen and oxygen atoms in total. The maximum atomic E-state index is 11.3. The molecule has 0 aromatic carbocycles. The molecule has 0 atom stereocenters. The Bertz CT molecular complexity index is 595. The third-order valence-electron chi connectivity index (χ3n) is 3.52. The maximum absolute atomic E-state index is 11.3. The van der Waals surface area contributed by atoms with E-state index < -0.39 is 0 Å². The van der Waals surface area contributed by atoms with Gasteiger partial charge in [0.25, 0.3) is 0 Å². The van der Waals surface area contributed by atoms with Crippen LogP contribution in [0, 0.1) is 0 Å². The third kappa shape index (κ3) is 1.86. The van der Waals surface area contributed by atoms with E-state index in [2.05, 4.69) is 25.4 Å². The van der Waals surface area contributed by atoms with Crippen molar-refractivity contribution >= 4 is 11.5 Å². The number of hydrogen-bond acceptors (Lipinski definition) is 5. The summed E-state index contributed by atoms with van der Waals surface area (Å²) in [4.78, 5) is 17.9. The minimum absolute atomic E-state index is 0.252. The van der Waals surface area contributed by atoms with E-state index in [0.29, 0.717) is 11.7 Å². The zero-order chi connectivity index (χ0) is 12.5. The Balaban J connectivity index is 1.84. The topological polar surface area (TPSA) is 78.3 Å². The Kier molecular flexibility index (Phi) is 2.75. The standard InChI is InChI=1S/C11H16N6O/c1-12-8-2-4-16(5-3-8)9-6-10-14-15-11(18)17(10)7-13-9/h6-8,12H,2-5H2,1H3,(H,15,18). The molecule has 3 heterocycles. The first-order valence-corrected chi connectivity index (χ1v) is 6.13.